The minimum Gasteiger partial charge on any atom is -0.496 e. The Morgan fingerprint density at radius 1 is 0.978 bits per heavy atom. The van der Waals surface area contributed by atoms with Crippen LogP contribution in [0.4, 0.5) is 5.82 Å². The molecule has 0 saturated heterocycles. The Morgan fingerprint density at radius 2 is 1.73 bits per heavy atom. The highest BCUT2D eigenvalue weighted by molar-refractivity contribution is 6.31. The van der Waals surface area contributed by atoms with Crippen molar-refractivity contribution in [1.29, 1.82) is 0 Å². The highest BCUT2D eigenvalue weighted by atomic mass is 16.5. The fourth-order valence-electron chi connectivity index (χ4n) is 7.11. The largest absolute Gasteiger partial charge is 0.496 e. The molecule has 0 bridgehead atoms. The molecule has 0 unspecified atom stereocenters. The summed E-state index contributed by atoms with van der Waals surface area (Å²) in [6.45, 7) is 2.70. The fraction of sp³-hybridized carbons (Fsp3) is 0.514. The van der Waals surface area contributed by atoms with Crippen LogP contribution in [-0.2, 0) is 14.4 Å². The van der Waals surface area contributed by atoms with E-state index in [2.05, 4.69) is 41.7 Å². The van der Waals surface area contributed by atoms with E-state index in [1.54, 1.807) is 13.3 Å². The summed E-state index contributed by atoms with van der Waals surface area (Å²) in [5.74, 6) is -0.188. The van der Waals surface area contributed by atoms with Crippen molar-refractivity contribution in [2.75, 3.05) is 18.6 Å². The molecule has 45 heavy (non-hydrogen) atoms. The van der Waals surface area contributed by atoms with E-state index in [4.69, 9.17) is 14.8 Å². The molecular formula is C35H43N5O5. The van der Waals surface area contributed by atoms with Crippen molar-refractivity contribution in [2.45, 2.75) is 89.1 Å². The van der Waals surface area contributed by atoms with E-state index < -0.39 is 11.9 Å². The van der Waals surface area contributed by atoms with E-state index in [0.29, 0.717) is 55.9 Å². The molecule has 3 fully saturated rings. The van der Waals surface area contributed by atoms with Gasteiger partial charge in [-0.2, -0.15) is 5.10 Å². The number of amides is 2. The van der Waals surface area contributed by atoms with Gasteiger partial charge in [-0.15, -0.1) is 0 Å². The average molecular weight is 614 g/mol. The predicted molar refractivity (Wildman–Crippen MR) is 170 cm³/mol. The SMILES string of the molecule is COc1ccc(C2CCC(CN(C(=O)C3CCC(NC(=O)C(=O)O)CC3)c3cc(-c4cnn(C5CC5)c4)ccn3)CC2)cc1C. The first-order chi connectivity index (χ1) is 21.8. The number of benzene rings is 1. The van der Waals surface area contributed by atoms with Gasteiger partial charge in [-0.25, -0.2) is 9.78 Å². The summed E-state index contributed by atoms with van der Waals surface area (Å²) in [5.41, 5.74) is 4.51. The lowest BCUT2D eigenvalue weighted by molar-refractivity contribution is -0.150. The number of ether oxygens (including phenoxy) is 1. The molecule has 2 aromatic heterocycles. The van der Waals surface area contributed by atoms with Crippen molar-refractivity contribution in [3.8, 4) is 16.9 Å². The number of anilines is 1. The highest BCUT2D eigenvalue weighted by Crippen LogP contribution is 2.39. The molecule has 2 amide bonds. The van der Waals surface area contributed by atoms with Crippen LogP contribution in [0.25, 0.3) is 11.1 Å². The van der Waals surface area contributed by atoms with Crippen LogP contribution >= 0.6 is 0 Å². The zero-order chi connectivity index (χ0) is 31.5. The molecule has 6 rings (SSSR count). The van der Waals surface area contributed by atoms with E-state index in [1.807, 2.05) is 27.9 Å². The number of pyridine rings is 1. The highest BCUT2D eigenvalue weighted by Gasteiger charge is 2.34. The molecule has 0 atom stereocenters. The van der Waals surface area contributed by atoms with Crippen LogP contribution in [0.3, 0.4) is 0 Å². The summed E-state index contributed by atoms with van der Waals surface area (Å²) >= 11 is 0. The third-order valence-electron chi connectivity index (χ3n) is 9.93. The van der Waals surface area contributed by atoms with Crippen molar-refractivity contribution >= 4 is 23.6 Å². The second-order valence-corrected chi connectivity index (χ2v) is 13.1. The van der Waals surface area contributed by atoms with Gasteiger partial charge in [0.25, 0.3) is 0 Å². The average Bonchev–Trinajstić information content (AvgIpc) is 3.79. The summed E-state index contributed by atoms with van der Waals surface area (Å²) in [7, 11) is 1.70. The second kappa shape index (κ2) is 13.4. The summed E-state index contributed by atoms with van der Waals surface area (Å²) < 4.78 is 7.49. The first-order valence-corrected chi connectivity index (χ1v) is 16.3. The van der Waals surface area contributed by atoms with Crippen LogP contribution in [-0.4, -0.2) is 57.4 Å². The van der Waals surface area contributed by atoms with Gasteiger partial charge < -0.3 is 15.2 Å². The number of aryl methyl sites for hydroxylation is 1. The molecule has 1 aromatic carbocycles. The fourth-order valence-corrected chi connectivity index (χ4v) is 7.11. The van der Waals surface area contributed by atoms with Gasteiger partial charge in [0.1, 0.15) is 11.6 Å². The Morgan fingerprint density at radius 3 is 2.40 bits per heavy atom. The van der Waals surface area contributed by atoms with Gasteiger partial charge in [-0.05, 0) is 118 Å². The third kappa shape index (κ3) is 7.21. The first kappa shape index (κ1) is 30.8. The van der Waals surface area contributed by atoms with E-state index in [-0.39, 0.29) is 17.9 Å². The van der Waals surface area contributed by atoms with Gasteiger partial charge in [0, 0.05) is 36.5 Å². The Bertz CT molecular complexity index is 1530. The molecule has 238 valence electrons. The Balaban J connectivity index is 1.17. The van der Waals surface area contributed by atoms with Gasteiger partial charge in [0.05, 0.1) is 19.3 Å². The van der Waals surface area contributed by atoms with Crippen LogP contribution in [0.5, 0.6) is 5.75 Å². The molecule has 3 aliphatic carbocycles. The van der Waals surface area contributed by atoms with Gasteiger partial charge in [0.15, 0.2) is 0 Å². The maximum Gasteiger partial charge on any atom is 0.394 e. The number of hydrogen-bond acceptors (Lipinski definition) is 6. The number of aliphatic carboxylic acids is 1. The quantitative estimate of drug-likeness (QED) is 0.298. The number of methoxy groups -OCH3 is 1. The minimum absolute atomic E-state index is 0.0595. The Labute approximate surface area is 264 Å². The number of nitrogens with zero attached hydrogens (tertiary/aromatic N) is 4. The molecule has 10 nitrogen and oxygen atoms in total. The van der Waals surface area contributed by atoms with Crippen LogP contribution in [0.2, 0.25) is 0 Å². The molecule has 10 heteroatoms. The number of carboxylic acids is 1. The molecule has 2 heterocycles. The van der Waals surface area contributed by atoms with Crippen molar-refractivity contribution in [2.24, 2.45) is 11.8 Å². The molecule has 0 radical (unpaired) electrons. The maximum atomic E-state index is 14.2. The Kier molecular flexibility index (Phi) is 9.19. The molecular weight excluding hydrogens is 570 g/mol. The number of rotatable bonds is 9. The molecule has 3 saturated carbocycles. The van der Waals surface area contributed by atoms with Gasteiger partial charge in [-0.1, -0.05) is 12.1 Å². The van der Waals surface area contributed by atoms with Gasteiger partial charge in [-0.3, -0.25) is 19.2 Å². The van der Waals surface area contributed by atoms with Crippen molar-refractivity contribution in [3.63, 3.8) is 0 Å². The summed E-state index contributed by atoms with van der Waals surface area (Å²) in [6.07, 6.45) is 14.6. The van der Waals surface area contributed by atoms with Crippen LogP contribution < -0.4 is 15.0 Å². The smallest absolute Gasteiger partial charge is 0.394 e. The zero-order valence-corrected chi connectivity index (χ0v) is 26.2. The lowest BCUT2D eigenvalue weighted by Crippen LogP contribution is -2.45. The maximum absolute atomic E-state index is 14.2. The molecule has 3 aliphatic rings. The lowest BCUT2D eigenvalue weighted by atomic mass is 9.78. The molecule has 2 N–H and O–H groups in total. The minimum atomic E-state index is -1.48. The van der Waals surface area contributed by atoms with Gasteiger partial charge in [0.2, 0.25) is 5.91 Å². The van der Waals surface area contributed by atoms with E-state index in [1.165, 1.54) is 5.56 Å². The van der Waals surface area contributed by atoms with Crippen LogP contribution in [0.15, 0.2) is 48.9 Å². The summed E-state index contributed by atoms with van der Waals surface area (Å²) in [5, 5.41) is 16.1. The van der Waals surface area contributed by atoms with Gasteiger partial charge >= 0.3 is 11.9 Å². The number of aromatic nitrogens is 3. The van der Waals surface area contributed by atoms with Crippen LogP contribution in [0, 0.1) is 18.8 Å². The standard InChI is InChI=1S/C35H43N5O5/c1-22-17-26(9-14-31(22)45-2)24-5-3-23(4-6-24)20-39(34(42)25-7-10-29(11-8-25)38-33(41)35(43)44)32-18-27(15-16-36-32)28-19-37-40(21-28)30-12-13-30/h9,14-19,21,23-25,29-30H,3-8,10-13,20H2,1-2H3,(H,38,41)(H,43,44). The van der Waals surface area contributed by atoms with E-state index in [9.17, 15) is 14.4 Å². The third-order valence-corrected chi connectivity index (χ3v) is 9.93. The number of nitrogens with one attached hydrogen (secondary N) is 1. The van der Waals surface area contributed by atoms with E-state index in [0.717, 1.165) is 61.0 Å². The first-order valence-electron chi connectivity index (χ1n) is 16.3. The Hall–Kier alpha value is -4.21. The summed E-state index contributed by atoms with van der Waals surface area (Å²) in [4.78, 5) is 43.5. The zero-order valence-electron chi connectivity index (χ0n) is 26.2. The van der Waals surface area contributed by atoms with Crippen molar-refractivity contribution < 1.29 is 24.2 Å². The van der Waals surface area contributed by atoms with Crippen molar-refractivity contribution in [3.05, 3.63) is 60.0 Å². The molecule has 0 aliphatic heterocycles. The normalized spacial score (nSPS) is 23.2. The molecule has 3 aromatic rings. The number of hydrogen-bond donors (Lipinski definition) is 2. The molecule has 0 spiro atoms. The number of carboxylic acid groups (broad SMARTS) is 1. The lowest BCUT2D eigenvalue weighted by Gasteiger charge is -2.36. The second-order valence-electron chi connectivity index (χ2n) is 13.1. The van der Waals surface area contributed by atoms with Crippen LogP contribution in [0.1, 0.15) is 87.3 Å². The number of carbonyl (C=O) groups excluding carboxylic acids is 2. The topological polar surface area (TPSA) is 127 Å². The van der Waals surface area contributed by atoms with E-state index >= 15 is 0 Å². The predicted octanol–water partition coefficient (Wildman–Crippen LogP) is 5.66. The van der Waals surface area contributed by atoms with Crippen molar-refractivity contribution in [1.82, 2.24) is 20.1 Å². The summed E-state index contributed by atoms with van der Waals surface area (Å²) in [6, 6.07) is 10.7. The number of carbonyl (C=O) groups is 3. The monoisotopic (exact) mass is 613 g/mol.